The van der Waals surface area contributed by atoms with Gasteiger partial charge in [-0.2, -0.15) is 5.26 Å². The molecule has 0 amide bonds. The van der Waals surface area contributed by atoms with Gasteiger partial charge in [0, 0.05) is 11.4 Å². The van der Waals surface area contributed by atoms with Gasteiger partial charge in [-0.05, 0) is 37.3 Å². The number of nitrogens with one attached hydrogen (secondary N) is 1. The van der Waals surface area contributed by atoms with Gasteiger partial charge in [0.1, 0.15) is 0 Å². The second kappa shape index (κ2) is 4.45. The highest BCUT2D eigenvalue weighted by Crippen LogP contribution is 2.16. The normalized spacial score (nSPS) is 9.50. The van der Waals surface area contributed by atoms with Crippen molar-refractivity contribution in [1.82, 2.24) is 4.98 Å². The Kier molecular flexibility index (Phi) is 2.84. The average molecular weight is 209 g/mol. The van der Waals surface area contributed by atoms with Gasteiger partial charge in [0.2, 0.25) is 0 Å². The van der Waals surface area contributed by atoms with Crippen molar-refractivity contribution in [3.05, 3.63) is 53.9 Å². The van der Waals surface area contributed by atoms with Crippen LogP contribution in [0.5, 0.6) is 0 Å². The summed E-state index contributed by atoms with van der Waals surface area (Å²) in [5.41, 5.74) is 3.44. The third-order valence-electron chi connectivity index (χ3n) is 2.19. The van der Waals surface area contributed by atoms with Crippen molar-refractivity contribution in [3.8, 4) is 6.07 Å². The molecule has 3 heteroatoms. The van der Waals surface area contributed by atoms with Crippen LogP contribution in [0.25, 0.3) is 0 Å². The predicted octanol–water partition coefficient (Wildman–Crippen LogP) is 3.01. The van der Waals surface area contributed by atoms with Crippen molar-refractivity contribution in [2.75, 3.05) is 5.32 Å². The molecule has 0 aliphatic heterocycles. The van der Waals surface area contributed by atoms with Crippen LogP contribution in [0.4, 0.5) is 11.4 Å². The average Bonchev–Trinajstić information content (AvgIpc) is 2.32. The number of pyridine rings is 1. The molecule has 0 aliphatic rings. The van der Waals surface area contributed by atoms with Crippen molar-refractivity contribution < 1.29 is 0 Å². The Morgan fingerprint density at radius 3 is 2.75 bits per heavy atom. The van der Waals surface area contributed by atoms with E-state index < -0.39 is 0 Å². The molecule has 0 saturated carbocycles. The van der Waals surface area contributed by atoms with Crippen LogP contribution in [0.15, 0.2) is 42.6 Å². The summed E-state index contributed by atoms with van der Waals surface area (Å²) in [6.07, 6.45) is 1.77. The maximum absolute atomic E-state index is 8.77. The van der Waals surface area contributed by atoms with Gasteiger partial charge in [0.15, 0.2) is 0 Å². The number of aryl methyl sites for hydroxylation is 1. The van der Waals surface area contributed by atoms with Gasteiger partial charge in [0.25, 0.3) is 0 Å². The van der Waals surface area contributed by atoms with Gasteiger partial charge in [-0.3, -0.25) is 4.98 Å². The number of nitrogens with zero attached hydrogens (tertiary/aromatic N) is 2. The summed E-state index contributed by atoms with van der Waals surface area (Å²) < 4.78 is 0. The van der Waals surface area contributed by atoms with E-state index in [0.29, 0.717) is 5.56 Å². The molecule has 16 heavy (non-hydrogen) atoms. The number of nitriles is 1. The minimum atomic E-state index is 0.644. The summed E-state index contributed by atoms with van der Waals surface area (Å²) in [6.45, 7) is 1.94. The van der Waals surface area contributed by atoms with Gasteiger partial charge in [-0.25, -0.2) is 0 Å². The minimum Gasteiger partial charge on any atom is -0.354 e. The first kappa shape index (κ1) is 10.2. The van der Waals surface area contributed by atoms with E-state index in [4.69, 9.17) is 5.26 Å². The molecule has 0 atom stereocenters. The molecule has 0 unspecified atom stereocenters. The monoisotopic (exact) mass is 209 g/mol. The molecular weight excluding hydrogens is 198 g/mol. The highest BCUT2D eigenvalue weighted by molar-refractivity contribution is 5.60. The largest absolute Gasteiger partial charge is 0.354 e. The quantitative estimate of drug-likeness (QED) is 0.827. The fraction of sp³-hybridized carbons (Fsp3) is 0.0769. The predicted molar refractivity (Wildman–Crippen MR) is 63.4 cm³/mol. The lowest BCUT2D eigenvalue weighted by atomic mass is 10.2. The van der Waals surface area contributed by atoms with Crippen LogP contribution in [0.3, 0.4) is 0 Å². The summed E-state index contributed by atoms with van der Waals surface area (Å²) in [7, 11) is 0. The van der Waals surface area contributed by atoms with Gasteiger partial charge in [0.05, 0.1) is 23.5 Å². The highest BCUT2D eigenvalue weighted by Gasteiger charge is 1.96. The SMILES string of the molecule is Cc1ccc(Nc2cccc(C#N)c2)cn1. The summed E-state index contributed by atoms with van der Waals surface area (Å²) in [6, 6.07) is 13.4. The van der Waals surface area contributed by atoms with E-state index in [2.05, 4.69) is 16.4 Å². The van der Waals surface area contributed by atoms with Crippen molar-refractivity contribution in [1.29, 1.82) is 5.26 Å². The van der Waals surface area contributed by atoms with Crippen molar-refractivity contribution in [3.63, 3.8) is 0 Å². The van der Waals surface area contributed by atoms with Gasteiger partial charge in [-0.15, -0.1) is 0 Å². The van der Waals surface area contributed by atoms with Crippen LogP contribution in [0.1, 0.15) is 11.3 Å². The number of anilines is 2. The zero-order chi connectivity index (χ0) is 11.4. The number of aromatic nitrogens is 1. The topological polar surface area (TPSA) is 48.7 Å². The smallest absolute Gasteiger partial charge is 0.0992 e. The molecule has 78 valence electrons. The molecule has 2 rings (SSSR count). The molecule has 0 spiro atoms. The van der Waals surface area contributed by atoms with Crippen molar-refractivity contribution in [2.45, 2.75) is 6.92 Å². The minimum absolute atomic E-state index is 0.644. The first-order valence-corrected chi connectivity index (χ1v) is 4.98. The van der Waals surface area contributed by atoms with Gasteiger partial charge >= 0.3 is 0 Å². The Labute approximate surface area is 94.4 Å². The van der Waals surface area contributed by atoms with E-state index >= 15 is 0 Å². The number of hydrogen-bond acceptors (Lipinski definition) is 3. The van der Waals surface area contributed by atoms with Gasteiger partial charge < -0.3 is 5.32 Å². The van der Waals surface area contributed by atoms with Gasteiger partial charge in [-0.1, -0.05) is 6.07 Å². The third-order valence-corrected chi connectivity index (χ3v) is 2.19. The molecule has 1 aromatic heterocycles. The molecule has 0 fully saturated rings. The Hall–Kier alpha value is -2.34. The maximum Gasteiger partial charge on any atom is 0.0992 e. The zero-order valence-corrected chi connectivity index (χ0v) is 8.94. The fourth-order valence-corrected chi connectivity index (χ4v) is 1.37. The second-order valence-corrected chi connectivity index (χ2v) is 3.51. The highest BCUT2D eigenvalue weighted by atomic mass is 14.9. The maximum atomic E-state index is 8.77. The first-order chi connectivity index (χ1) is 7.78. The van der Waals surface area contributed by atoms with Crippen LogP contribution in [-0.4, -0.2) is 4.98 Å². The lowest BCUT2D eigenvalue weighted by Gasteiger charge is -2.06. The molecule has 2 aromatic rings. The number of benzene rings is 1. The van der Waals surface area contributed by atoms with E-state index in [-0.39, 0.29) is 0 Å². The lowest BCUT2D eigenvalue weighted by molar-refractivity contribution is 1.20. The van der Waals surface area contributed by atoms with Crippen LogP contribution < -0.4 is 5.32 Å². The van der Waals surface area contributed by atoms with E-state index in [1.807, 2.05) is 31.2 Å². The first-order valence-electron chi connectivity index (χ1n) is 4.98. The molecule has 1 heterocycles. The number of hydrogen-bond donors (Lipinski definition) is 1. The second-order valence-electron chi connectivity index (χ2n) is 3.51. The fourth-order valence-electron chi connectivity index (χ4n) is 1.37. The summed E-state index contributed by atoms with van der Waals surface area (Å²) >= 11 is 0. The van der Waals surface area contributed by atoms with Crippen molar-refractivity contribution in [2.24, 2.45) is 0 Å². The molecule has 1 N–H and O–H groups in total. The Balaban J connectivity index is 2.21. The molecule has 3 nitrogen and oxygen atoms in total. The molecule has 0 aliphatic carbocycles. The van der Waals surface area contributed by atoms with E-state index in [1.54, 1.807) is 18.3 Å². The van der Waals surface area contributed by atoms with Crippen LogP contribution in [-0.2, 0) is 0 Å². The Bertz CT molecular complexity index is 524. The Morgan fingerprint density at radius 1 is 1.19 bits per heavy atom. The lowest BCUT2D eigenvalue weighted by Crippen LogP contribution is -1.92. The van der Waals surface area contributed by atoms with Crippen LogP contribution >= 0.6 is 0 Å². The summed E-state index contributed by atoms with van der Waals surface area (Å²) in [4.78, 5) is 4.19. The molecule has 1 aromatic carbocycles. The number of rotatable bonds is 2. The third kappa shape index (κ3) is 2.37. The summed E-state index contributed by atoms with van der Waals surface area (Å²) in [5, 5.41) is 12.0. The van der Waals surface area contributed by atoms with E-state index in [0.717, 1.165) is 17.1 Å². The van der Waals surface area contributed by atoms with E-state index in [9.17, 15) is 0 Å². The standard InChI is InChI=1S/C13H11N3/c1-10-5-6-13(9-15-10)16-12-4-2-3-11(7-12)8-14/h2-7,9,16H,1H3. The Morgan fingerprint density at radius 2 is 2.06 bits per heavy atom. The van der Waals surface area contributed by atoms with Crippen LogP contribution in [0, 0.1) is 18.3 Å². The molecule has 0 radical (unpaired) electrons. The zero-order valence-electron chi connectivity index (χ0n) is 8.94. The molecular formula is C13H11N3. The van der Waals surface area contributed by atoms with E-state index in [1.165, 1.54) is 0 Å². The van der Waals surface area contributed by atoms with Crippen molar-refractivity contribution >= 4 is 11.4 Å². The van der Waals surface area contributed by atoms with Crippen LogP contribution in [0.2, 0.25) is 0 Å². The summed E-state index contributed by atoms with van der Waals surface area (Å²) in [5.74, 6) is 0. The molecule has 0 bridgehead atoms. The molecule has 0 saturated heterocycles.